The molecule has 2 amide bonds. The van der Waals surface area contributed by atoms with E-state index in [4.69, 9.17) is 16.3 Å². The van der Waals surface area contributed by atoms with Gasteiger partial charge in [0.2, 0.25) is 5.91 Å². The second kappa shape index (κ2) is 8.91. The van der Waals surface area contributed by atoms with Gasteiger partial charge >= 0.3 is 0 Å². The lowest BCUT2D eigenvalue weighted by molar-refractivity contribution is -0.135. The van der Waals surface area contributed by atoms with Crippen molar-refractivity contribution in [3.63, 3.8) is 0 Å². The molecule has 1 aromatic heterocycles. The quantitative estimate of drug-likeness (QED) is 0.488. The average Bonchev–Trinajstić information content (AvgIpc) is 3.14. The number of nitrogens with one attached hydrogen (secondary N) is 1. The van der Waals surface area contributed by atoms with E-state index in [2.05, 4.69) is 5.32 Å². The lowest BCUT2D eigenvalue weighted by atomic mass is 10.1. The van der Waals surface area contributed by atoms with Crippen LogP contribution in [-0.2, 0) is 20.9 Å². The molecule has 8 heteroatoms. The lowest BCUT2D eigenvalue weighted by Crippen LogP contribution is -2.42. The fourth-order valence-corrected chi connectivity index (χ4v) is 3.82. The number of Topliss-reactive ketones (excluding diaryl/α,β-unsaturated/α-hetero) is 1. The van der Waals surface area contributed by atoms with Crippen LogP contribution in [0.15, 0.2) is 48.7 Å². The molecular weight excluding hydrogens is 418 g/mol. The molecule has 1 N–H and O–H groups in total. The van der Waals surface area contributed by atoms with Gasteiger partial charge in [0.25, 0.3) is 11.7 Å². The normalized spacial score (nSPS) is 13.9. The van der Waals surface area contributed by atoms with Crippen molar-refractivity contribution in [2.24, 2.45) is 0 Å². The maximum absolute atomic E-state index is 13.0. The summed E-state index contributed by atoms with van der Waals surface area (Å²) in [7, 11) is 0. The molecule has 1 aliphatic rings. The predicted molar refractivity (Wildman–Crippen MR) is 118 cm³/mol. The first-order valence-electron chi connectivity index (χ1n) is 9.99. The number of fused-ring (bicyclic) bond motifs is 1. The Morgan fingerprint density at radius 3 is 2.61 bits per heavy atom. The third-order valence-corrected chi connectivity index (χ3v) is 5.59. The van der Waals surface area contributed by atoms with Crippen LogP contribution < -0.4 is 5.32 Å². The fraction of sp³-hybridized carbons (Fsp3) is 0.261. The van der Waals surface area contributed by atoms with Crippen LogP contribution in [0.1, 0.15) is 15.9 Å². The van der Waals surface area contributed by atoms with E-state index in [0.29, 0.717) is 42.4 Å². The lowest BCUT2D eigenvalue weighted by Gasteiger charge is -2.27. The van der Waals surface area contributed by atoms with Gasteiger partial charge in [0, 0.05) is 40.9 Å². The van der Waals surface area contributed by atoms with Crippen molar-refractivity contribution >= 4 is 45.8 Å². The number of aryl methyl sites for hydroxylation is 1. The van der Waals surface area contributed by atoms with Gasteiger partial charge in [-0.1, -0.05) is 35.9 Å². The number of halogens is 1. The van der Waals surface area contributed by atoms with Crippen LogP contribution >= 0.6 is 11.6 Å². The molecule has 2 heterocycles. The second-order valence-electron chi connectivity index (χ2n) is 7.42. The molecule has 31 heavy (non-hydrogen) atoms. The summed E-state index contributed by atoms with van der Waals surface area (Å²) in [5.41, 5.74) is 2.25. The van der Waals surface area contributed by atoms with E-state index in [1.165, 1.54) is 0 Å². The van der Waals surface area contributed by atoms with Crippen LogP contribution in [-0.4, -0.2) is 53.4 Å². The summed E-state index contributed by atoms with van der Waals surface area (Å²) in [6, 6.07) is 12.3. The third kappa shape index (κ3) is 4.47. The molecule has 1 aliphatic heterocycles. The van der Waals surface area contributed by atoms with Crippen molar-refractivity contribution in [3.8, 4) is 0 Å². The number of carbonyl (C=O) groups is 3. The highest BCUT2D eigenvalue weighted by Gasteiger charge is 2.24. The Bertz CT molecular complexity index is 1160. The minimum Gasteiger partial charge on any atom is -0.378 e. The number of benzene rings is 2. The molecule has 0 spiro atoms. The molecule has 0 aliphatic carbocycles. The van der Waals surface area contributed by atoms with Crippen LogP contribution in [0, 0.1) is 6.92 Å². The van der Waals surface area contributed by atoms with Gasteiger partial charge in [0.15, 0.2) is 0 Å². The number of aromatic nitrogens is 1. The maximum atomic E-state index is 13.0. The Morgan fingerprint density at radius 2 is 1.84 bits per heavy atom. The van der Waals surface area contributed by atoms with Gasteiger partial charge in [-0.05, 0) is 30.7 Å². The first-order chi connectivity index (χ1) is 14.9. The van der Waals surface area contributed by atoms with Crippen LogP contribution in [0.5, 0.6) is 0 Å². The smallest absolute Gasteiger partial charge is 0.296 e. The summed E-state index contributed by atoms with van der Waals surface area (Å²) in [6.07, 6.45) is 1.58. The van der Waals surface area contributed by atoms with E-state index < -0.39 is 11.7 Å². The zero-order valence-electron chi connectivity index (χ0n) is 17.1. The highest BCUT2D eigenvalue weighted by Crippen LogP contribution is 2.24. The number of anilines is 1. The third-order valence-electron chi connectivity index (χ3n) is 5.36. The minimum atomic E-state index is -0.757. The summed E-state index contributed by atoms with van der Waals surface area (Å²) < 4.78 is 7.02. The number of rotatable bonds is 5. The first kappa shape index (κ1) is 21.1. The summed E-state index contributed by atoms with van der Waals surface area (Å²) in [5, 5.41) is 3.73. The average molecular weight is 440 g/mol. The molecule has 0 atom stereocenters. The molecule has 2 aromatic carbocycles. The van der Waals surface area contributed by atoms with E-state index in [0.717, 1.165) is 11.1 Å². The molecular formula is C23H22ClN3O4. The Morgan fingerprint density at radius 1 is 1.10 bits per heavy atom. The van der Waals surface area contributed by atoms with Gasteiger partial charge in [0.1, 0.15) is 6.54 Å². The molecule has 1 saturated heterocycles. The standard InChI is InChI=1S/C23H22ClN3O4/c1-15-6-7-16(24)12-19(15)25-23(30)22(29)18-13-27(20-5-3-2-4-17(18)20)14-21(28)26-8-10-31-11-9-26/h2-7,12-13H,8-11,14H2,1H3,(H,25,30). The molecule has 0 saturated carbocycles. The number of nitrogens with zero attached hydrogens (tertiary/aromatic N) is 2. The molecule has 0 unspecified atom stereocenters. The Labute approximate surface area is 184 Å². The van der Waals surface area contributed by atoms with E-state index in [9.17, 15) is 14.4 Å². The predicted octanol–water partition coefficient (Wildman–Crippen LogP) is 3.28. The van der Waals surface area contributed by atoms with Gasteiger partial charge in [-0.25, -0.2) is 0 Å². The molecule has 160 valence electrons. The minimum absolute atomic E-state index is 0.0537. The SMILES string of the molecule is Cc1ccc(Cl)cc1NC(=O)C(=O)c1cn(CC(=O)N2CCOCC2)c2ccccc12. The number of ether oxygens (including phenoxy) is 1. The van der Waals surface area contributed by atoms with Gasteiger partial charge in [-0.15, -0.1) is 0 Å². The van der Waals surface area contributed by atoms with Crippen molar-refractivity contribution in [1.29, 1.82) is 0 Å². The van der Waals surface area contributed by atoms with Gasteiger partial charge < -0.3 is 19.5 Å². The van der Waals surface area contributed by atoms with Crippen molar-refractivity contribution in [3.05, 3.63) is 64.8 Å². The zero-order chi connectivity index (χ0) is 22.0. The number of hydrogen-bond acceptors (Lipinski definition) is 4. The molecule has 4 rings (SSSR count). The molecule has 7 nitrogen and oxygen atoms in total. The first-order valence-corrected chi connectivity index (χ1v) is 10.4. The summed E-state index contributed by atoms with van der Waals surface area (Å²) in [4.78, 5) is 40.1. The van der Waals surface area contributed by atoms with E-state index >= 15 is 0 Å². The van der Waals surface area contributed by atoms with Gasteiger partial charge in [-0.3, -0.25) is 14.4 Å². The van der Waals surface area contributed by atoms with Crippen LogP contribution in [0.3, 0.4) is 0 Å². The Kier molecular flexibility index (Phi) is 6.06. The van der Waals surface area contributed by atoms with Crippen molar-refractivity contribution in [1.82, 2.24) is 9.47 Å². The van der Waals surface area contributed by atoms with Crippen LogP contribution in [0.25, 0.3) is 10.9 Å². The van der Waals surface area contributed by atoms with Gasteiger partial charge in [-0.2, -0.15) is 0 Å². The highest BCUT2D eigenvalue weighted by molar-refractivity contribution is 6.48. The van der Waals surface area contributed by atoms with E-state index in [1.54, 1.807) is 46.0 Å². The van der Waals surface area contributed by atoms with Gasteiger partial charge in [0.05, 0.1) is 18.8 Å². The Balaban J connectivity index is 1.60. The largest absolute Gasteiger partial charge is 0.378 e. The number of para-hydroxylation sites is 1. The fourth-order valence-electron chi connectivity index (χ4n) is 3.65. The number of amides is 2. The number of carbonyl (C=O) groups excluding carboxylic acids is 3. The van der Waals surface area contributed by atoms with Crippen LogP contribution in [0.2, 0.25) is 5.02 Å². The number of ketones is 1. The van der Waals surface area contributed by atoms with Crippen molar-refractivity contribution < 1.29 is 19.1 Å². The molecule has 1 fully saturated rings. The molecule has 0 radical (unpaired) electrons. The van der Waals surface area contributed by atoms with Crippen molar-refractivity contribution in [2.45, 2.75) is 13.5 Å². The summed E-state index contributed by atoms with van der Waals surface area (Å²) in [6.45, 7) is 4.04. The number of morpholine rings is 1. The zero-order valence-corrected chi connectivity index (χ0v) is 17.8. The van der Waals surface area contributed by atoms with Crippen molar-refractivity contribution in [2.75, 3.05) is 31.6 Å². The van der Waals surface area contributed by atoms with E-state index in [-0.39, 0.29) is 18.0 Å². The second-order valence-corrected chi connectivity index (χ2v) is 7.86. The monoisotopic (exact) mass is 439 g/mol. The molecule has 0 bridgehead atoms. The van der Waals surface area contributed by atoms with Crippen LogP contribution in [0.4, 0.5) is 5.69 Å². The Hall–Kier alpha value is -3.16. The molecule has 3 aromatic rings. The number of hydrogen-bond donors (Lipinski definition) is 1. The summed E-state index contributed by atoms with van der Waals surface area (Å²) in [5.74, 6) is -1.48. The highest BCUT2D eigenvalue weighted by atomic mass is 35.5. The van der Waals surface area contributed by atoms with E-state index in [1.807, 2.05) is 19.1 Å². The maximum Gasteiger partial charge on any atom is 0.296 e. The topological polar surface area (TPSA) is 80.6 Å². The summed E-state index contributed by atoms with van der Waals surface area (Å²) >= 11 is 6.01.